The fourth-order valence-corrected chi connectivity index (χ4v) is 5.35. The second-order valence-corrected chi connectivity index (χ2v) is 9.25. The fraction of sp³-hybridized carbons (Fsp3) is 0.360. The summed E-state index contributed by atoms with van der Waals surface area (Å²) in [6.45, 7) is 6.07. The maximum atomic E-state index is 15.0. The van der Waals surface area contributed by atoms with E-state index in [2.05, 4.69) is 32.8 Å². The number of nitrogens with one attached hydrogen (secondary N) is 2. The highest BCUT2D eigenvalue weighted by atomic mass is 19.1. The van der Waals surface area contributed by atoms with E-state index in [-0.39, 0.29) is 23.5 Å². The van der Waals surface area contributed by atoms with Crippen molar-refractivity contribution in [3.8, 4) is 17.0 Å². The number of hydrogen-bond acceptors (Lipinski definition) is 6. The average Bonchev–Trinajstić information content (AvgIpc) is 3.26. The third kappa shape index (κ3) is 3.15. The number of hydrogen-bond donors (Lipinski definition) is 2. The molecule has 2 N–H and O–H groups in total. The van der Waals surface area contributed by atoms with Crippen LogP contribution in [0.25, 0.3) is 11.1 Å². The Balaban J connectivity index is 1.73. The Morgan fingerprint density at radius 1 is 1.27 bits per heavy atom. The molecule has 0 bridgehead atoms. The predicted octanol–water partition coefficient (Wildman–Crippen LogP) is 4.38. The van der Waals surface area contributed by atoms with E-state index in [1.54, 1.807) is 12.3 Å². The lowest BCUT2D eigenvalue weighted by atomic mass is 9.62. The third-order valence-electron chi connectivity index (χ3n) is 6.75. The number of carbonyl (C=O) groups is 1. The number of methoxy groups -OCH3 is 1. The number of fused-ring (bicyclic) bond motifs is 1. The Kier molecular flexibility index (Phi) is 4.84. The molecular weight excluding hydrogens is 421 g/mol. The molecule has 1 unspecified atom stereocenters. The maximum Gasteiger partial charge on any atom is 0.250 e. The van der Waals surface area contributed by atoms with Crippen LogP contribution < -0.4 is 15.4 Å². The normalized spacial score (nSPS) is 25.1. The topological polar surface area (TPSA) is 88.0 Å². The first kappa shape index (κ1) is 21.3. The van der Waals surface area contributed by atoms with Crippen LogP contribution in [0.15, 0.2) is 69.8 Å². The minimum atomic E-state index is -0.737. The maximum absolute atomic E-state index is 15.0. The molecule has 2 aromatic rings. The van der Waals surface area contributed by atoms with E-state index in [4.69, 9.17) is 4.74 Å². The van der Waals surface area contributed by atoms with Crippen molar-refractivity contribution in [2.45, 2.75) is 50.7 Å². The molecule has 0 radical (unpaired) electrons. The highest BCUT2D eigenvalue weighted by Crippen LogP contribution is 2.51. The molecule has 7 nitrogen and oxygen atoms in total. The standard InChI is InChI=1S/C25H26FN5O2/c1-5-25(15-8-6-7-14(11-15)16-9-10-27-23(33-4)20(16)26)17-13-28-31-21(17)29-18-12-24(2,3)30-22(32)19(18)25/h6-11,13,21,29H,5,12H2,1-4H3,(H,30,32)/t21?,25-/m0/s1. The lowest BCUT2D eigenvalue weighted by molar-refractivity contribution is -0.120. The molecule has 170 valence electrons. The number of amides is 1. The van der Waals surface area contributed by atoms with Gasteiger partial charge in [-0.3, -0.25) is 4.79 Å². The summed E-state index contributed by atoms with van der Waals surface area (Å²) in [5, 5.41) is 15.2. The quantitative estimate of drug-likeness (QED) is 0.728. The molecule has 33 heavy (non-hydrogen) atoms. The van der Waals surface area contributed by atoms with Gasteiger partial charge < -0.3 is 15.4 Å². The Labute approximate surface area is 191 Å². The van der Waals surface area contributed by atoms with Crippen molar-refractivity contribution < 1.29 is 13.9 Å². The van der Waals surface area contributed by atoms with E-state index < -0.39 is 11.2 Å². The highest BCUT2D eigenvalue weighted by molar-refractivity contribution is 6.00. The van der Waals surface area contributed by atoms with Gasteiger partial charge in [-0.1, -0.05) is 25.1 Å². The summed E-state index contributed by atoms with van der Waals surface area (Å²) in [4.78, 5) is 17.4. The van der Waals surface area contributed by atoms with Crippen LogP contribution in [0.1, 0.15) is 39.2 Å². The molecule has 0 fully saturated rings. The summed E-state index contributed by atoms with van der Waals surface area (Å²) in [7, 11) is 1.39. The van der Waals surface area contributed by atoms with Crippen molar-refractivity contribution >= 4 is 5.91 Å². The average molecular weight is 448 g/mol. The van der Waals surface area contributed by atoms with E-state index in [0.29, 0.717) is 29.5 Å². The SMILES string of the molecule is CC[C@]1(c2cccc(-c3ccnc(OC)c3F)c2)C2=CN=NC2NC2=C1C(=O)NC(C)(C)C2. The zero-order valence-electron chi connectivity index (χ0n) is 19.1. The summed E-state index contributed by atoms with van der Waals surface area (Å²) >= 11 is 0. The molecule has 1 aromatic heterocycles. The molecular formula is C25H26FN5O2. The zero-order chi connectivity index (χ0) is 23.4. The van der Waals surface area contributed by atoms with E-state index in [0.717, 1.165) is 16.8 Å². The van der Waals surface area contributed by atoms with Crippen molar-refractivity contribution in [2.75, 3.05) is 7.11 Å². The van der Waals surface area contributed by atoms with E-state index in [1.165, 1.54) is 13.3 Å². The molecule has 2 atom stereocenters. The van der Waals surface area contributed by atoms with Crippen LogP contribution in [-0.4, -0.2) is 29.7 Å². The Hall–Kier alpha value is -3.55. The summed E-state index contributed by atoms with van der Waals surface area (Å²) in [6.07, 6.45) is 4.23. The Morgan fingerprint density at radius 2 is 2.09 bits per heavy atom. The molecule has 0 saturated carbocycles. The third-order valence-corrected chi connectivity index (χ3v) is 6.75. The van der Waals surface area contributed by atoms with Crippen LogP contribution in [0.4, 0.5) is 4.39 Å². The predicted molar refractivity (Wildman–Crippen MR) is 122 cm³/mol. The van der Waals surface area contributed by atoms with Crippen molar-refractivity contribution in [3.63, 3.8) is 0 Å². The van der Waals surface area contributed by atoms with Crippen LogP contribution in [0, 0.1) is 5.82 Å². The van der Waals surface area contributed by atoms with Gasteiger partial charge in [0.1, 0.15) is 0 Å². The van der Waals surface area contributed by atoms with Crippen molar-refractivity contribution in [1.29, 1.82) is 0 Å². The van der Waals surface area contributed by atoms with Gasteiger partial charge in [0.25, 0.3) is 11.8 Å². The van der Waals surface area contributed by atoms with Gasteiger partial charge in [0.15, 0.2) is 12.0 Å². The first-order chi connectivity index (χ1) is 15.8. The van der Waals surface area contributed by atoms with E-state index >= 15 is 4.39 Å². The Morgan fingerprint density at radius 3 is 2.85 bits per heavy atom. The van der Waals surface area contributed by atoms with E-state index in [9.17, 15) is 4.79 Å². The number of nitrogens with zero attached hydrogens (tertiary/aromatic N) is 3. The van der Waals surface area contributed by atoms with E-state index in [1.807, 2.05) is 38.1 Å². The Bertz CT molecular complexity index is 1250. The fourth-order valence-electron chi connectivity index (χ4n) is 5.35. The lowest BCUT2D eigenvalue weighted by Crippen LogP contribution is -2.58. The first-order valence-electron chi connectivity index (χ1n) is 11.0. The highest BCUT2D eigenvalue weighted by Gasteiger charge is 2.53. The molecule has 3 aliphatic rings. The van der Waals surface area contributed by atoms with Gasteiger partial charge in [-0.05, 0) is 43.5 Å². The van der Waals surface area contributed by atoms with Gasteiger partial charge in [-0.2, -0.15) is 10.2 Å². The summed E-state index contributed by atoms with van der Waals surface area (Å²) in [6, 6.07) is 9.30. The van der Waals surface area contributed by atoms with Gasteiger partial charge >= 0.3 is 0 Å². The molecule has 0 spiro atoms. The molecule has 4 heterocycles. The number of ether oxygens (including phenoxy) is 1. The number of pyridine rings is 1. The van der Waals surface area contributed by atoms with Gasteiger partial charge in [0.2, 0.25) is 0 Å². The monoisotopic (exact) mass is 447 g/mol. The molecule has 5 rings (SSSR count). The van der Waals surface area contributed by atoms with Gasteiger partial charge in [0.05, 0.1) is 24.3 Å². The second kappa shape index (κ2) is 7.50. The van der Waals surface area contributed by atoms with Crippen molar-refractivity contribution in [3.05, 3.63) is 71.0 Å². The number of halogens is 1. The lowest BCUT2D eigenvalue weighted by Gasteiger charge is -2.48. The molecule has 8 heteroatoms. The second-order valence-electron chi connectivity index (χ2n) is 9.25. The zero-order valence-corrected chi connectivity index (χ0v) is 19.1. The van der Waals surface area contributed by atoms with Crippen LogP contribution in [0.2, 0.25) is 0 Å². The van der Waals surface area contributed by atoms with Crippen molar-refractivity contribution in [1.82, 2.24) is 15.6 Å². The number of rotatable bonds is 4. The summed E-state index contributed by atoms with van der Waals surface area (Å²) in [5.41, 5.74) is 3.34. The smallest absolute Gasteiger partial charge is 0.250 e. The minimum absolute atomic E-state index is 0.0555. The number of aromatic nitrogens is 1. The minimum Gasteiger partial charge on any atom is -0.479 e. The first-order valence-corrected chi connectivity index (χ1v) is 11.0. The van der Waals surface area contributed by atoms with Crippen LogP contribution in [0.3, 0.4) is 0 Å². The van der Waals surface area contributed by atoms with Crippen LogP contribution in [-0.2, 0) is 10.2 Å². The molecule has 1 amide bonds. The number of carbonyl (C=O) groups excluding carboxylic acids is 1. The van der Waals surface area contributed by atoms with Gasteiger partial charge in [-0.25, -0.2) is 9.37 Å². The van der Waals surface area contributed by atoms with Crippen LogP contribution in [0.5, 0.6) is 5.88 Å². The number of benzene rings is 1. The van der Waals surface area contributed by atoms with Crippen molar-refractivity contribution in [2.24, 2.45) is 10.2 Å². The van der Waals surface area contributed by atoms with Gasteiger partial charge in [0, 0.05) is 35.0 Å². The molecule has 1 aromatic carbocycles. The molecule has 3 aliphatic heterocycles. The summed E-state index contributed by atoms with van der Waals surface area (Å²) in [5.74, 6) is -0.683. The summed E-state index contributed by atoms with van der Waals surface area (Å²) < 4.78 is 20.1. The molecule has 0 saturated heterocycles. The van der Waals surface area contributed by atoms with Crippen LogP contribution >= 0.6 is 0 Å². The van der Waals surface area contributed by atoms with Gasteiger partial charge in [-0.15, -0.1) is 0 Å². The number of azo groups is 1. The molecule has 0 aliphatic carbocycles. The largest absolute Gasteiger partial charge is 0.479 e.